The minimum Gasteiger partial charge on any atom is -0.481 e. The van der Waals surface area contributed by atoms with E-state index in [1.54, 1.807) is 31.2 Å². The fourth-order valence-electron chi connectivity index (χ4n) is 2.11. The summed E-state index contributed by atoms with van der Waals surface area (Å²) in [5.41, 5.74) is 2.37. The number of amides is 1. The molecule has 0 heterocycles. The second kappa shape index (κ2) is 8.15. The lowest BCUT2D eigenvalue weighted by molar-refractivity contribution is -0.122. The van der Waals surface area contributed by atoms with Gasteiger partial charge in [0, 0.05) is 5.69 Å². The van der Waals surface area contributed by atoms with E-state index in [0.29, 0.717) is 11.3 Å². The Balaban J connectivity index is 1.94. The summed E-state index contributed by atoms with van der Waals surface area (Å²) in [6.07, 6.45) is 0.287. The molecule has 0 fully saturated rings. The van der Waals surface area contributed by atoms with Crippen LogP contribution in [0, 0.1) is 0 Å². The minimum atomic E-state index is -0.667. The first-order chi connectivity index (χ1) is 11.5. The third kappa shape index (κ3) is 4.59. The van der Waals surface area contributed by atoms with Crippen LogP contribution < -0.4 is 10.1 Å². The van der Waals surface area contributed by atoms with Crippen LogP contribution >= 0.6 is 0 Å². The molecule has 0 aliphatic rings. The van der Waals surface area contributed by atoms with E-state index in [1.165, 1.54) is 12.7 Å². The van der Waals surface area contributed by atoms with E-state index in [4.69, 9.17) is 4.74 Å². The van der Waals surface area contributed by atoms with E-state index < -0.39 is 12.1 Å². The molecule has 2 rings (SSSR count). The molecule has 1 atom stereocenters. The lowest BCUT2D eigenvalue weighted by Crippen LogP contribution is -2.30. The van der Waals surface area contributed by atoms with Crippen molar-refractivity contribution in [2.45, 2.75) is 26.4 Å². The SMILES string of the molecule is CCc1ccc(NC(=O)[C@H](C)Oc2ccc(C(=O)OC)cc2)cc1. The molecule has 1 N–H and O–H groups in total. The second-order valence-corrected chi connectivity index (χ2v) is 5.32. The third-order valence-electron chi connectivity index (χ3n) is 3.59. The van der Waals surface area contributed by atoms with Gasteiger partial charge >= 0.3 is 5.97 Å². The summed E-state index contributed by atoms with van der Waals surface area (Å²) in [7, 11) is 1.33. The maximum atomic E-state index is 12.2. The van der Waals surface area contributed by atoms with E-state index in [-0.39, 0.29) is 5.91 Å². The molecule has 0 aromatic heterocycles. The quantitative estimate of drug-likeness (QED) is 0.826. The van der Waals surface area contributed by atoms with Gasteiger partial charge in [-0.1, -0.05) is 19.1 Å². The van der Waals surface area contributed by atoms with Gasteiger partial charge in [0.05, 0.1) is 12.7 Å². The molecule has 5 nitrogen and oxygen atoms in total. The number of methoxy groups -OCH3 is 1. The van der Waals surface area contributed by atoms with Crippen LogP contribution in [0.15, 0.2) is 48.5 Å². The second-order valence-electron chi connectivity index (χ2n) is 5.32. The number of rotatable bonds is 6. The van der Waals surface area contributed by atoms with Crippen LogP contribution in [-0.4, -0.2) is 25.1 Å². The zero-order valence-electron chi connectivity index (χ0n) is 14.0. The highest BCUT2D eigenvalue weighted by Crippen LogP contribution is 2.16. The van der Waals surface area contributed by atoms with Crippen molar-refractivity contribution in [1.29, 1.82) is 0 Å². The molecule has 0 saturated carbocycles. The van der Waals surface area contributed by atoms with E-state index in [0.717, 1.165) is 12.1 Å². The molecule has 2 aromatic rings. The topological polar surface area (TPSA) is 64.6 Å². The van der Waals surface area contributed by atoms with Gasteiger partial charge in [0.1, 0.15) is 5.75 Å². The Kier molecular flexibility index (Phi) is 5.95. The number of ether oxygens (including phenoxy) is 2. The van der Waals surface area contributed by atoms with Gasteiger partial charge < -0.3 is 14.8 Å². The highest BCUT2D eigenvalue weighted by atomic mass is 16.5. The highest BCUT2D eigenvalue weighted by molar-refractivity contribution is 5.94. The number of hydrogen-bond acceptors (Lipinski definition) is 4. The average Bonchev–Trinajstić information content (AvgIpc) is 2.62. The maximum absolute atomic E-state index is 12.2. The molecule has 0 radical (unpaired) electrons. The van der Waals surface area contributed by atoms with Crippen molar-refractivity contribution in [2.24, 2.45) is 0 Å². The van der Waals surface area contributed by atoms with Crippen LogP contribution in [0.2, 0.25) is 0 Å². The van der Waals surface area contributed by atoms with Gasteiger partial charge in [-0.15, -0.1) is 0 Å². The zero-order chi connectivity index (χ0) is 17.5. The van der Waals surface area contributed by atoms with Crippen molar-refractivity contribution < 1.29 is 19.1 Å². The van der Waals surface area contributed by atoms with Crippen molar-refractivity contribution in [3.8, 4) is 5.75 Å². The summed E-state index contributed by atoms with van der Waals surface area (Å²) in [4.78, 5) is 23.6. The largest absolute Gasteiger partial charge is 0.481 e. The van der Waals surface area contributed by atoms with Crippen LogP contribution in [0.25, 0.3) is 0 Å². The summed E-state index contributed by atoms with van der Waals surface area (Å²) in [5.74, 6) is -0.147. The van der Waals surface area contributed by atoms with Gasteiger partial charge in [-0.3, -0.25) is 4.79 Å². The first kappa shape index (κ1) is 17.5. The molecule has 5 heteroatoms. The fourth-order valence-corrected chi connectivity index (χ4v) is 2.11. The first-order valence-corrected chi connectivity index (χ1v) is 7.78. The van der Waals surface area contributed by atoms with E-state index >= 15 is 0 Å². The number of nitrogens with one attached hydrogen (secondary N) is 1. The lowest BCUT2D eigenvalue weighted by Gasteiger charge is -2.15. The Morgan fingerprint density at radius 2 is 1.67 bits per heavy atom. The van der Waals surface area contributed by atoms with Crippen LogP contribution in [0.3, 0.4) is 0 Å². The van der Waals surface area contributed by atoms with Crippen molar-refractivity contribution in [2.75, 3.05) is 12.4 Å². The van der Waals surface area contributed by atoms with Crippen LogP contribution in [0.5, 0.6) is 5.75 Å². The van der Waals surface area contributed by atoms with Gasteiger partial charge in [-0.25, -0.2) is 4.79 Å². The number of anilines is 1. The summed E-state index contributed by atoms with van der Waals surface area (Å²) >= 11 is 0. The standard InChI is InChI=1S/C19H21NO4/c1-4-14-5-9-16(10-6-14)20-18(21)13(2)24-17-11-7-15(8-12-17)19(22)23-3/h5-13H,4H2,1-3H3,(H,20,21)/t13-/m0/s1. The van der Waals surface area contributed by atoms with E-state index in [2.05, 4.69) is 17.0 Å². The Bertz CT molecular complexity index is 692. The summed E-state index contributed by atoms with van der Waals surface area (Å²) in [6.45, 7) is 3.75. The molecule has 1 amide bonds. The zero-order valence-corrected chi connectivity index (χ0v) is 14.0. The predicted molar refractivity (Wildman–Crippen MR) is 92.3 cm³/mol. The van der Waals surface area contributed by atoms with Gasteiger partial charge in [-0.05, 0) is 55.3 Å². The molecule has 0 bridgehead atoms. The molecular weight excluding hydrogens is 306 g/mol. The monoisotopic (exact) mass is 327 g/mol. The Labute approximate surface area is 141 Å². The molecule has 0 spiro atoms. The molecule has 0 saturated heterocycles. The van der Waals surface area contributed by atoms with Crippen molar-refractivity contribution in [3.63, 3.8) is 0 Å². The normalized spacial score (nSPS) is 11.5. The fraction of sp³-hybridized carbons (Fsp3) is 0.263. The summed E-state index contributed by atoms with van der Waals surface area (Å²) < 4.78 is 10.2. The highest BCUT2D eigenvalue weighted by Gasteiger charge is 2.15. The van der Waals surface area contributed by atoms with Crippen molar-refractivity contribution in [1.82, 2.24) is 0 Å². The van der Waals surface area contributed by atoms with Crippen molar-refractivity contribution >= 4 is 17.6 Å². The number of hydrogen-bond donors (Lipinski definition) is 1. The Morgan fingerprint density at radius 3 is 2.21 bits per heavy atom. The predicted octanol–water partition coefficient (Wildman–Crippen LogP) is 3.44. The Morgan fingerprint density at radius 1 is 1.04 bits per heavy atom. The van der Waals surface area contributed by atoms with E-state index in [1.807, 2.05) is 24.3 Å². The Hall–Kier alpha value is -2.82. The molecule has 0 unspecified atom stereocenters. The lowest BCUT2D eigenvalue weighted by atomic mass is 10.1. The number of carbonyl (C=O) groups excluding carboxylic acids is 2. The van der Waals surface area contributed by atoms with Crippen LogP contribution in [0.4, 0.5) is 5.69 Å². The summed E-state index contributed by atoms with van der Waals surface area (Å²) in [5, 5.41) is 2.81. The molecule has 24 heavy (non-hydrogen) atoms. The smallest absolute Gasteiger partial charge is 0.337 e. The number of benzene rings is 2. The third-order valence-corrected chi connectivity index (χ3v) is 3.59. The number of carbonyl (C=O) groups is 2. The number of esters is 1. The molecular formula is C19H21NO4. The van der Waals surface area contributed by atoms with Crippen LogP contribution in [-0.2, 0) is 16.0 Å². The van der Waals surface area contributed by atoms with Crippen molar-refractivity contribution in [3.05, 3.63) is 59.7 Å². The van der Waals surface area contributed by atoms with Crippen LogP contribution in [0.1, 0.15) is 29.8 Å². The van der Waals surface area contributed by atoms with Gasteiger partial charge in [0.15, 0.2) is 6.10 Å². The molecule has 0 aliphatic heterocycles. The van der Waals surface area contributed by atoms with Gasteiger partial charge in [0.25, 0.3) is 5.91 Å². The van der Waals surface area contributed by atoms with Gasteiger partial charge in [0.2, 0.25) is 0 Å². The molecule has 126 valence electrons. The molecule has 0 aliphatic carbocycles. The maximum Gasteiger partial charge on any atom is 0.337 e. The molecule has 2 aromatic carbocycles. The first-order valence-electron chi connectivity index (χ1n) is 7.78. The van der Waals surface area contributed by atoms with Gasteiger partial charge in [-0.2, -0.15) is 0 Å². The number of aryl methyl sites for hydroxylation is 1. The van der Waals surface area contributed by atoms with E-state index in [9.17, 15) is 9.59 Å². The minimum absolute atomic E-state index is 0.240. The summed E-state index contributed by atoms with van der Waals surface area (Å²) in [6, 6.07) is 14.1. The average molecular weight is 327 g/mol.